The Bertz CT molecular complexity index is 1570. The van der Waals surface area contributed by atoms with Gasteiger partial charge >= 0.3 is 29.6 Å². The molecule has 230 valence electrons. The number of para-hydroxylation sites is 1. The molecule has 2 heterocycles. The summed E-state index contributed by atoms with van der Waals surface area (Å²) in [6, 6.07) is 14.6. The number of rotatable bonds is 13. The molecule has 0 bridgehead atoms. The van der Waals surface area contributed by atoms with E-state index in [1.54, 1.807) is 61.5 Å². The first-order chi connectivity index (χ1) is 20.5. The topological polar surface area (TPSA) is 216 Å². The van der Waals surface area contributed by atoms with Crippen molar-refractivity contribution in [2.75, 3.05) is 18.5 Å². The molecule has 5 atom stereocenters. The zero-order chi connectivity index (χ0) is 31.1. The van der Waals surface area contributed by atoms with Crippen molar-refractivity contribution < 1.29 is 72.7 Å². The average Bonchev–Trinajstić information content (AvgIpc) is 3.46. The second-order valence-electron chi connectivity index (χ2n) is 10.1. The summed E-state index contributed by atoms with van der Waals surface area (Å²) < 4.78 is 33.8. The third-order valence-corrected chi connectivity index (χ3v) is 8.28. The number of hydrogen-bond donors (Lipinski definition) is 5. The molecule has 3 aromatic rings. The van der Waals surface area contributed by atoms with Crippen LogP contribution in [0.15, 0.2) is 72.6 Å². The Kier molecular flexibility index (Phi) is 12.6. The van der Waals surface area contributed by atoms with Crippen LogP contribution in [0.3, 0.4) is 0 Å². The number of aliphatic hydroxyl groups excluding tert-OH is 3. The fourth-order valence-corrected chi connectivity index (χ4v) is 5.82. The molecular weight excluding hydrogens is 605 g/mol. The van der Waals surface area contributed by atoms with E-state index in [-0.39, 0.29) is 48.3 Å². The van der Waals surface area contributed by atoms with Crippen molar-refractivity contribution in [2.45, 2.75) is 43.5 Å². The van der Waals surface area contributed by atoms with Crippen molar-refractivity contribution in [3.63, 3.8) is 0 Å². The Morgan fingerprint density at radius 1 is 1.11 bits per heavy atom. The zero-order valence-electron chi connectivity index (χ0n) is 24.1. The van der Waals surface area contributed by atoms with Crippen LogP contribution < -0.4 is 44.7 Å². The quantitative estimate of drug-likeness (QED) is 0.115. The van der Waals surface area contributed by atoms with Gasteiger partial charge in [0.15, 0.2) is 0 Å². The molecule has 5 N–H and O–H groups in total. The van der Waals surface area contributed by atoms with E-state index in [9.17, 15) is 38.4 Å². The van der Waals surface area contributed by atoms with Crippen molar-refractivity contribution in [3.05, 3.63) is 78.2 Å². The van der Waals surface area contributed by atoms with E-state index in [1.807, 2.05) is 0 Å². The summed E-state index contributed by atoms with van der Waals surface area (Å²) in [5, 5.41) is 52.3. The minimum absolute atomic E-state index is 0. The van der Waals surface area contributed by atoms with Gasteiger partial charge in [-0.15, -0.1) is 5.10 Å². The number of carboxylic acids is 1. The number of hydrogen-bond acceptors (Lipinski definition) is 11. The summed E-state index contributed by atoms with van der Waals surface area (Å²) in [5.41, 5.74) is 1.83. The van der Waals surface area contributed by atoms with Gasteiger partial charge in [-0.25, -0.2) is 17.8 Å². The smallest absolute Gasteiger partial charge is 0.542 e. The largest absolute Gasteiger partial charge is 1.00 e. The van der Waals surface area contributed by atoms with Gasteiger partial charge in [-0.2, -0.15) is 0 Å². The molecule has 1 amide bonds. The normalized spacial score (nSPS) is 19.5. The number of aliphatic carboxylic acids is 1. The number of nitrogens with zero attached hydrogens (tertiary/aromatic N) is 3. The molecule has 16 heteroatoms. The molecule has 0 fully saturated rings. The SMILES string of the molecule is C[C@H]1[C@H]([C@H](O)[C@H](O)CO)OC(C(=O)[O-])=C[C@@H]1n1cc(-c2ccccc2NC(=O)CCNS(=O)(=O)Cc2ccccc2)nn1.[Na+]. The Morgan fingerprint density at radius 2 is 1.80 bits per heavy atom. The van der Waals surface area contributed by atoms with Crippen molar-refractivity contribution in [1.29, 1.82) is 0 Å². The molecule has 1 aromatic heterocycles. The summed E-state index contributed by atoms with van der Waals surface area (Å²) in [6.07, 6.45) is -1.75. The number of aromatic nitrogens is 3. The fraction of sp³-hybridized carbons (Fsp3) is 0.357. The maximum Gasteiger partial charge on any atom is 1.00 e. The fourth-order valence-electron chi connectivity index (χ4n) is 4.67. The molecule has 4 rings (SSSR count). The van der Waals surface area contributed by atoms with Crippen LogP contribution in [0.5, 0.6) is 0 Å². The van der Waals surface area contributed by atoms with E-state index in [0.717, 1.165) is 0 Å². The van der Waals surface area contributed by atoms with Crippen LogP contribution >= 0.6 is 0 Å². The van der Waals surface area contributed by atoms with E-state index in [1.165, 1.54) is 17.0 Å². The van der Waals surface area contributed by atoms with Gasteiger partial charge < -0.3 is 35.3 Å². The average molecular weight is 638 g/mol. The van der Waals surface area contributed by atoms with Crippen molar-refractivity contribution in [3.8, 4) is 11.3 Å². The van der Waals surface area contributed by atoms with Gasteiger partial charge in [0.05, 0.1) is 30.3 Å². The molecule has 44 heavy (non-hydrogen) atoms. The number of amides is 1. The Hall–Kier alpha value is -3.15. The van der Waals surface area contributed by atoms with Gasteiger partial charge in [0.25, 0.3) is 0 Å². The maximum atomic E-state index is 12.7. The molecule has 1 aliphatic rings. The van der Waals surface area contributed by atoms with Crippen LogP contribution in [-0.4, -0.2) is 82.1 Å². The summed E-state index contributed by atoms with van der Waals surface area (Å²) in [7, 11) is -3.64. The van der Waals surface area contributed by atoms with Gasteiger partial charge in [0.1, 0.15) is 35.7 Å². The molecule has 0 aliphatic carbocycles. The van der Waals surface area contributed by atoms with E-state index >= 15 is 0 Å². The predicted molar refractivity (Wildman–Crippen MR) is 151 cm³/mol. The molecule has 1 aliphatic heterocycles. The molecular formula is C28H32N5NaO9S. The monoisotopic (exact) mass is 637 g/mol. The molecule has 0 radical (unpaired) electrons. The zero-order valence-corrected chi connectivity index (χ0v) is 26.9. The van der Waals surface area contributed by atoms with Crippen molar-refractivity contribution >= 4 is 27.6 Å². The third-order valence-electron chi connectivity index (χ3n) is 6.93. The number of carbonyl (C=O) groups is 2. The number of ether oxygens (including phenoxy) is 1. The third kappa shape index (κ3) is 8.95. The first kappa shape index (κ1) is 35.3. The first-order valence-corrected chi connectivity index (χ1v) is 15.0. The van der Waals surface area contributed by atoms with Crippen LogP contribution in [0.1, 0.15) is 24.9 Å². The number of benzene rings is 2. The van der Waals surface area contributed by atoms with Crippen molar-refractivity contribution in [2.24, 2.45) is 5.92 Å². The van der Waals surface area contributed by atoms with Crippen LogP contribution in [0.2, 0.25) is 0 Å². The molecule has 14 nitrogen and oxygen atoms in total. The van der Waals surface area contributed by atoms with Crippen LogP contribution in [0, 0.1) is 5.92 Å². The molecule has 0 unspecified atom stereocenters. The molecule has 2 aromatic carbocycles. The standard InChI is InChI=1S/C28H33N5O9S.Na/c1-17-22(13-24(28(38)39)42-27(17)26(37)23(35)15-34)33-14-21(31-32-33)19-9-5-6-10-20(19)30-25(36)11-12-29-43(40,41)16-18-7-3-2-4-8-18;/h2-10,13-14,17,22-23,26-27,29,34-35,37H,11-12,15-16H2,1H3,(H,30,36)(H,38,39);/q;+1/p-1/t17-,22+,23-,26-,27-;/m1./s1. The van der Waals surface area contributed by atoms with Crippen LogP contribution in [0.25, 0.3) is 11.3 Å². The molecule has 0 spiro atoms. The summed E-state index contributed by atoms with van der Waals surface area (Å²) in [5.74, 6) is -3.48. The summed E-state index contributed by atoms with van der Waals surface area (Å²) in [4.78, 5) is 24.3. The number of sulfonamides is 1. The molecule has 0 saturated heterocycles. The minimum Gasteiger partial charge on any atom is -0.542 e. The van der Waals surface area contributed by atoms with Crippen LogP contribution in [-0.2, 0) is 30.1 Å². The number of aliphatic hydroxyl groups is 3. The summed E-state index contributed by atoms with van der Waals surface area (Å²) in [6.45, 7) is 0.777. The second kappa shape index (κ2) is 15.7. The number of allylic oxidation sites excluding steroid dienone is 1. The van der Waals surface area contributed by atoms with E-state index in [0.29, 0.717) is 22.5 Å². The Balaban J connectivity index is 0.00000529. The molecule has 0 saturated carbocycles. The minimum atomic E-state index is -3.64. The number of carboxylic acid groups (broad SMARTS) is 1. The predicted octanol–water partition coefficient (Wildman–Crippen LogP) is -3.68. The van der Waals surface area contributed by atoms with Crippen LogP contribution in [0.4, 0.5) is 5.69 Å². The van der Waals surface area contributed by atoms with Gasteiger partial charge in [0.2, 0.25) is 15.9 Å². The first-order valence-electron chi connectivity index (χ1n) is 13.4. The van der Waals surface area contributed by atoms with Gasteiger partial charge in [-0.3, -0.25) is 4.79 Å². The van der Waals surface area contributed by atoms with Gasteiger partial charge in [0, 0.05) is 24.4 Å². The maximum absolute atomic E-state index is 12.7. The Morgan fingerprint density at radius 3 is 2.48 bits per heavy atom. The number of anilines is 1. The number of nitrogens with one attached hydrogen (secondary N) is 2. The summed E-state index contributed by atoms with van der Waals surface area (Å²) >= 11 is 0. The van der Waals surface area contributed by atoms with Gasteiger partial charge in [-0.05, 0) is 17.7 Å². The Labute approximate surface area is 276 Å². The number of carbonyl (C=O) groups excluding carboxylic acids is 2. The van der Waals surface area contributed by atoms with Crippen molar-refractivity contribution in [1.82, 2.24) is 19.7 Å². The van der Waals surface area contributed by atoms with E-state index in [4.69, 9.17) is 4.74 Å². The van der Waals surface area contributed by atoms with E-state index < -0.39 is 64.5 Å². The van der Waals surface area contributed by atoms with Gasteiger partial charge in [-0.1, -0.05) is 60.7 Å². The second-order valence-corrected chi connectivity index (χ2v) is 11.9. The van der Waals surface area contributed by atoms with E-state index in [2.05, 4.69) is 20.4 Å².